The Bertz CT molecular complexity index is 675. The summed E-state index contributed by atoms with van der Waals surface area (Å²) in [6.45, 7) is 0.683. The van der Waals surface area contributed by atoms with E-state index in [-0.39, 0.29) is 31.2 Å². The van der Waals surface area contributed by atoms with E-state index in [1.165, 1.54) is 0 Å². The van der Waals surface area contributed by atoms with Crippen LogP contribution in [0.4, 0.5) is 13.6 Å². The first kappa shape index (κ1) is 17.9. The first-order valence-corrected chi connectivity index (χ1v) is 7.73. The first-order valence-electron chi connectivity index (χ1n) is 7.73. The molecule has 0 aliphatic rings. The van der Waals surface area contributed by atoms with Gasteiger partial charge in [0.05, 0.1) is 6.61 Å². The van der Waals surface area contributed by atoms with Crippen molar-refractivity contribution >= 4 is 6.03 Å². The molecule has 4 nitrogen and oxygen atoms in total. The molecule has 2 rings (SSSR count). The molecule has 0 radical (unpaired) electrons. The molecule has 2 aromatic rings. The number of amides is 2. The predicted octanol–water partition coefficient (Wildman–Crippen LogP) is 2.54. The lowest BCUT2D eigenvalue weighted by Crippen LogP contribution is -2.37. The van der Waals surface area contributed by atoms with Crippen LogP contribution in [0.3, 0.4) is 0 Å². The average Bonchev–Trinajstić information content (AvgIpc) is 2.58. The van der Waals surface area contributed by atoms with Gasteiger partial charge in [0.15, 0.2) is 0 Å². The number of aliphatic hydroxyl groups excluding tert-OH is 1. The summed E-state index contributed by atoms with van der Waals surface area (Å²) >= 11 is 0. The standard InChI is InChI=1S/C18H20F2N2O2/c19-16-5-6-17(20)15(11-16)8-10-22-18(24)21-9-7-13-1-3-14(12-23)4-2-13/h1-6,11,23H,7-10,12H2,(H2,21,22,24). The minimum absolute atomic E-state index is 0.00679. The SMILES string of the molecule is O=C(NCCc1ccc(CO)cc1)NCCc1cc(F)ccc1F. The molecule has 2 amide bonds. The van der Waals surface area contributed by atoms with Crippen LogP contribution in [0.5, 0.6) is 0 Å². The van der Waals surface area contributed by atoms with Crippen molar-refractivity contribution in [3.05, 3.63) is 70.8 Å². The second-order valence-electron chi connectivity index (χ2n) is 5.39. The summed E-state index contributed by atoms with van der Waals surface area (Å²) in [4.78, 5) is 11.7. The van der Waals surface area contributed by atoms with Crippen LogP contribution in [0.15, 0.2) is 42.5 Å². The van der Waals surface area contributed by atoms with Gasteiger partial charge < -0.3 is 15.7 Å². The molecule has 2 aromatic carbocycles. The lowest BCUT2D eigenvalue weighted by molar-refractivity contribution is 0.241. The number of hydrogen-bond acceptors (Lipinski definition) is 2. The Morgan fingerprint density at radius 3 is 2.21 bits per heavy atom. The van der Waals surface area contributed by atoms with Crippen molar-refractivity contribution in [1.82, 2.24) is 10.6 Å². The van der Waals surface area contributed by atoms with E-state index >= 15 is 0 Å². The van der Waals surface area contributed by atoms with Gasteiger partial charge in [-0.2, -0.15) is 0 Å². The molecule has 0 unspecified atom stereocenters. The summed E-state index contributed by atoms with van der Waals surface area (Å²) in [5, 5.41) is 14.3. The fraction of sp³-hybridized carbons (Fsp3) is 0.278. The third kappa shape index (κ3) is 5.62. The van der Waals surface area contributed by atoms with Crippen LogP contribution in [-0.4, -0.2) is 24.2 Å². The molecule has 0 aliphatic heterocycles. The van der Waals surface area contributed by atoms with Crippen LogP contribution in [0, 0.1) is 11.6 Å². The molecule has 0 aromatic heterocycles. The Balaban J connectivity index is 1.67. The maximum atomic E-state index is 13.4. The van der Waals surface area contributed by atoms with E-state index in [1.54, 1.807) is 0 Å². The Hall–Kier alpha value is -2.47. The summed E-state index contributed by atoms with van der Waals surface area (Å²) in [7, 11) is 0. The largest absolute Gasteiger partial charge is 0.392 e. The van der Waals surface area contributed by atoms with Crippen molar-refractivity contribution in [1.29, 1.82) is 0 Å². The molecule has 3 N–H and O–H groups in total. The second-order valence-corrected chi connectivity index (χ2v) is 5.39. The topological polar surface area (TPSA) is 61.4 Å². The molecule has 0 aliphatic carbocycles. The highest BCUT2D eigenvalue weighted by molar-refractivity contribution is 5.73. The molecule has 6 heteroatoms. The van der Waals surface area contributed by atoms with Crippen LogP contribution in [0.2, 0.25) is 0 Å². The van der Waals surface area contributed by atoms with Gasteiger partial charge in [0.25, 0.3) is 0 Å². The van der Waals surface area contributed by atoms with Crippen LogP contribution in [0.25, 0.3) is 0 Å². The van der Waals surface area contributed by atoms with Crippen LogP contribution in [0.1, 0.15) is 16.7 Å². The lowest BCUT2D eigenvalue weighted by Gasteiger charge is -2.08. The van der Waals surface area contributed by atoms with Crippen molar-refractivity contribution in [3.8, 4) is 0 Å². The summed E-state index contributed by atoms with van der Waals surface area (Å²) < 4.78 is 26.5. The van der Waals surface area contributed by atoms with Crippen molar-refractivity contribution in [3.63, 3.8) is 0 Å². The summed E-state index contributed by atoms with van der Waals surface area (Å²) in [5.74, 6) is -0.979. The van der Waals surface area contributed by atoms with Crippen molar-refractivity contribution < 1.29 is 18.7 Å². The number of hydrogen-bond donors (Lipinski definition) is 3. The number of aliphatic hydroxyl groups is 1. The van der Waals surface area contributed by atoms with Crippen molar-refractivity contribution in [2.24, 2.45) is 0 Å². The number of halogens is 2. The summed E-state index contributed by atoms with van der Waals surface area (Å²) in [6, 6.07) is 10.4. The van der Waals surface area contributed by atoms with Gasteiger partial charge in [-0.25, -0.2) is 13.6 Å². The molecular weight excluding hydrogens is 314 g/mol. The van der Waals surface area contributed by atoms with Gasteiger partial charge in [0, 0.05) is 13.1 Å². The summed E-state index contributed by atoms with van der Waals surface area (Å²) in [6.07, 6.45) is 0.886. The quantitative estimate of drug-likeness (QED) is 0.729. The summed E-state index contributed by atoms with van der Waals surface area (Å²) in [5.41, 5.74) is 2.13. The molecular formula is C18H20F2N2O2. The Morgan fingerprint density at radius 2 is 1.54 bits per heavy atom. The van der Waals surface area contributed by atoms with Gasteiger partial charge in [-0.05, 0) is 47.7 Å². The smallest absolute Gasteiger partial charge is 0.314 e. The molecule has 0 heterocycles. The number of urea groups is 1. The van der Waals surface area contributed by atoms with Gasteiger partial charge in [0.1, 0.15) is 11.6 Å². The predicted molar refractivity (Wildman–Crippen MR) is 87.5 cm³/mol. The molecule has 24 heavy (non-hydrogen) atoms. The fourth-order valence-corrected chi connectivity index (χ4v) is 2.24. The minimum Gasteiger partial charge on any atom is -0.392 e. The van der Waals surface area contributed by atoms with E-state index in [4.69, 9.17) is 5.11 Å². The van der Waals surface area contributed by atoms with Crippen LogP contribution < -0.4 is 10.6 Å². The average molecular weight is 334 g/mol. The number of carbonyl (C=O) groups is 1. The van der Waals surface area contributed by atoms with Crippen molar-refractivity contribution in [2.75, 3.05) is 13.1 Å². The van der Waals surface area contributed by atoms with E-state index in [1.807, 2.05) is 24.3 Å². The van der Waals surface area contributed by atoms with Gasteiger partial charge in [-0.3, -0.25) is 0 Å². The van der Waals surface area contributed by atoms with E-state index < -0.39 is 11.6 Å². The Morgan fingerprint density at radius 1 is 0.917 bits per heavy atom. The van der Waals surface area contributed by atoms with Gasteiger partial charge >= 0.3 is 6.03 Å². The molecule has 0 saturated carbocycles. The Kier molecular flexibility index (Phi) is 6.69. The number of benzene rings is 2. The lowest BCUT2D eigenvalue weighted by atomic mass is 10.1. The third-order valence-electron chi connectivity index (χ3n) is 3.59. The number of carbonyl (C=O) groups excluding carboxylic acids is 1. The fourth-order valence-electron chi connectivity index (χ4n) is 2.24. The Labute approximate surface area is 139 Å². The molecule has 128 valence electrons. The minimum atomic E-state index is -0.497. The second kappa shape index (κ2) is 8.98. The van der Waals surface area contributed by atoms with Gasteiger partial charge in [0.2, 0.25) is 0 Å². The van der Waals surface area contributed by atoms with E-state index in [0.29, 0.717) is 13.0 Å². The highest BCUT2D eigenvalue weighted by Gasteiger charge is 2.05. The normalized spacial score (nSPS) is 10.5. The van der Waals surface area contributed by atoms with Crippen LogP contribution >= 0.6 is 0 Å². The third-order valence-corrected chi connectivity index (χ3v) is 3.59. The van der Waals surface area contributed by atoms with E-state index in [9.17, 15) is 13.6 Å². The van der Waals surface area contributed by atoms with Gasteiger partial charge in [-0.1, -0.05) is 24.3 Å². The zero-order valence-electron chi connectivity index (χ0n) is 13.2. The zero-order chi connectivity index (χ0) is 17.4. The maximum Gasteiger partial charge on any atom is 0.314 e. The van der Waals surface area contributed by atoms with E-state index in [2.05, 4.69) is 10.6 Å². The highest BCUT2D eigenvalue weighted by atomic mass is 19.1. The highest BCUT2D eigenvalue weighted by Crippen LogP contribution is 2.09. The van der Waals surface area contributed by atoms with Gasteiger partial charge in [-0.15, -0.1) is 0 Å². The molecule has 0 saturated heterocycles. The monoisotopic (exact) mass is 334 g/mol. The van der Waals surface area contributed by atoms with Crippen molar-refractivity contribution in [2.45, 2.75) is 19.4 Å². The molecule has 0 atom stereocenters. The zero-order valence-corrected chi connectivity index (χ0v) is 13.2. The molecule has 0 bridgehead atoms. The van der Waals surface area contributed by atoms with E-state index in [0.717, 1.165) is 29.3 Å². The maximum absolute atomic E-state index is 13.4. The molecule has 0 fully saturated rings. The van der Waals surface area contributed by atoms with Crippen LogP contribution in [-0.2, 0) is 19.4 Å². The first-order chi connectivity index (χ1) is 11.6. The molecule has 0 spiro atoms. The number of rotatable bonds is 7. The number of nitrogens with one attached hydrogen (secondary N) is 2.